The minimum absolute atomic E-state index is 0.416. The summed E-state index contributed by atoms with van der Waals surface area (Å²) in [6.45, 7) is 15.2. The van der Waals surface area contributed by atoms with Crippen LogP contribution in [0, 0.1) is 0 Å². The molecule has 0 saturated carbocycles. The Kier molecular flexibility index (Phi) is 14.8. The van der Waals surface area contributed by atoms with Gasteiger partial charge >= 0.3 is 0 Å². The highest BCUT2D eigenvalue weighted by Gasteiger charge is 2.25. The maximum atomic E-state index is 5.88. The van der Waals surface area contributed by atoms with E-state index in [-0.39, 0.29) is 0 Å². The molecule has 0 bridgehead atoms. The number of benzene rings is 6. The first-order valence-corrected chi connectivity index (χ1v) is 21.6. The molecular formula is C52H55N5O6. The molecule has 0 amide bonds. The third-order valence-electron chi connectivity index (χ3n) is 9.78. The predicted octanol–water partition coefficient (Wildman–Crippen LogP) is 13.3. The van der Waals surface area contributed by atoms with Gasteiger partial charge in [0.25, 0.3) is 0 Å². The summed E-state index contributed by atoms with van der Waals surface area (Å²) in [4.78, 5) is 17.2. The Morgan fingerprint density at radius 2 is 0.476 bits per heavy atom. The van der Waals surface area contributed by atoms with Crippen LogP contribution in [0.15, 0.2) is 152 Å². The first-order valence-electron chi connectivity index (χ1n) is 21.6. The number of hydrogen-bond acceptors (Lipinski definition) is 11. The van der Waals surface area contributed by atoms with Crippen LogP contribution in [-0.2, 0) is 0 Å². The zero-order chi connectivity index (χ0) is 44.0. The van der Waals surface area contributed by atoms with Crippen molar-refractivity contribution in [3.8, 4) is 34.5 Å². The van der Waals surface area contributed by atoms with E-state index in [9.17, 15) is 0 Å². The van der Waals surface area contributed by atoms with Gasteiger partial charge in [-0.15, -0.1) is 0 Å². The summed E-state index contributed by atoms with van der Waals surface area (Å²) in [6, 6.07) is 50.0. The van der Waals surface area contributed by atoms with Crippen molar-refractivity contribution in [1.29, 1.82) is 0 Å². The Balaban J connectivity index is 1.51. The zero-order valence-corrected chi connectivity index (χ0v) is 36.9. The fourth-order valence-corrected chi connectivity index (χ4v) is 7.09. The lowest BCUT2D eigenvalue weighted by Gasteiger charge is -2.31. The SMILES string of the molecule is CCOc1ccc(N(c2ccc(OCC)cc2)c2cc(N(c3ccc(OCC)cc3)c3ccc(OCC)cc3)nc(N(c3ccc(OCC)cc3)c3ccc(OCC)cc3)n2)cc1. The highest BCUT2D eigenvalue weighted by atomic mass is 16.5. The van der Waals surface area contributed by atoms with Gasteiger partial charge in [-0.05, 0) is 187 Å². The van der Waals surface area contributed by atoms with Crippen molar-refractivity contribution in [2.45, 2.75) is 41.5 Å². The Hall–Kier alpha value is -7.40. The number of ether oxygens (including phenoxy) is 6. The van der Waals surface area contributed by atoms with Gasteiger partial charge in [0.05, 0.1) is 39.6 Å². The molecule has 0 saturated heterocycles. The van der Waals surface area contributed by atoms with Crippen molar-refractivity contribution in [2.75, 3.05) is 54.3 Å². The molecule has 63 heavy (non-hydrogen) atoms. The molecular weight excluding hydrogens is 791 g/mol. The molecule has 0 aliphatic carbocycles. The number of hydrogen-bond donors (Lipinski definition) is 0. The second kappa shape index (κ2) is 21.4. The first kappa shape index (κ1) is 43.7. The summed E-state index contributed by atoms with van der Waals surface area (Å²) in [5, 5.41) is 0. The molecule has 0 aliphatic rings. The van der Waals surface area contributed by atoms with Crippen LogP contribution in [0.4, 0.5) is 51.7 Å². The van der Waals surface area contributed by atoms with Crippen molar-refractivity contribution in [1.82, 2.24) is 9.97 Å². The Morgan fingerprint density at radius 1 is 0.286 bits per heavy atom. The van der Waals surface area contributed by atoms with Crippen LogP contribution in [0.1, 0.15) is 41.5 Å². The molecule has 1 aromatic heterocycles. The molecule has 0 atom stereocenters. The summed E-state index contributed by atoms with van der Waals surface area (Å²) in [5.41, 5.74) is 5.10. The van der Waals surface area contributed by atoms with Gasteiger partial charge in [0.1, 0.15) is 46.1 Å². The van der Waals surface area contributed by atoms with E-state index >= 15 is 0 Å². The van der Waals surface area contributed by atoms with Crippen LogP contribution in [0.2, 0.25) is 0 Å². The lowest BCUT2D eigenvalue weighted by molar-refractivity contribution is 0.340. The van der Waals surface area contributed by atoms with E-state index in [1.165, 1.54) is 0 Å². The second-order valence-electron chi connectivity index (χ2n) is 14.0. The van der Waals surface area contributed by atoms with Crippen molar-refractivity contribution in [2.24, 2.45) is 0 Å². The molecule has 11 heteroatoms. The monoisotopic (exact) mass is 845 g/mol. The lowest BCUT2D eigenvalue weighted by Crippen LogP contribution is -2.20. The number of anilines is 9. The average Bonchev–Trinajstić information content (AvgIpc) is 3.31. The smallest absolute Gasteiger partial charge is 0.238 e. The molecule has 11 nitrogen and oxygen atoms in total. The van der Waals surface area contributed by atoms with Gasteiger partial charge in [-0.1, -0.05) is 0 Å². The second-order valence-corrected chi connectivity index (χ2v) is 14.0. The summed E-state index contributed by atoms with van der Waals surface area (Å²) in [7, 11) is 0. The van der Waals surface area contributed by atoms with Crippen molar-refractivity contribution >= 4 is 51.7 Å². The maximum Gasteiger partial charge on any atom is 0.238 e. The summed E-state index contributed by atoms with van der Waals surface area (Å²) in [6.07, 6.45) is 0. The fraction of sp³-hybridized carbons (Fsp3) is 0.231. The van der Waals surface area contributed by atoms with Gasteiger partial charge in [-0.3, -0.25) is 14.7 Å². The Morgan fingerprint density at radius 3 is 0.667 bits per heavy atom. The normalized spacial score (nSPS) is 10.8. The molecule has 7 aromatic rings. The van der Waals surface area contributed by atoms with Crippen LogP contribution in [0.5, 0.6) is 34.5 Å². The van der Waals surface area contributed by atoms with E-state index in [2.05, 4.69) is 9.80 Å². The van der Waals surface area contributed by atoms with E-state index in [1.807, 2.05) is 198 Å². The number of aromatic nitrogens is 2. The van der Waals surface area contributed by atoms with Crippen molar-refractivity contribution in [3.05, 3.63) is 152 Å². The number of rotatable bonds is 21. The highest BCUT2D eigenvalue weighted by Crippen LogP contribution is 2.43. The largest absolute Gasteiger partial charge is 0.494 e. The first-order chi connectivity index (χ1) is 30.9. The molecule has 0 aliphatic heterocycles. The van der Waals surface area contributed by atoms with E-state index in [0.29, 0.717) is 57.2 Å². The average molecular weight is 846 g/mol. The van der Waals surface area contributed by atoms with E-state index in [4.69, 9.17) is 38.4 Å². The van der Waals surface area contributed by atoms with Crippen LogP contribution in [0.25, 0.3) is 0 Å². The minimum atomic E-state index is 0.416. The molecule has 324 valence electrons. The molecule has 6 aromatic carbocycles. The van der Waals surface area contributed by atoms with Crippen LogP contribution in [0.3, 0.4) is 0 Å². The lowest BCUT2D eigenvalue weighted by atomic mass is 10.2. The molecule has 0 radical (unpaired) electrons. The molecule has 0 spiro atoms. The highest BCUT2D eigenvalue weighted by molar-refractivity contribution is 5.83. The summed E-state index contributed by atoms with van der Waals surface area (Å²) in [5.74, 6) is 6.23. The molecule has 0 unspecified atom stereocenters. The molecule has 1 heterocycles. The topological polar surface area (TPSA) is 90.9 Å². The van der Waals surface area contributed by atoms with E-state index in [1.54, 1.807) is 0 Å². The van der Waals surface area contributed by atoms with Crippen molar-refractivity contribution < 1.29 is 28.4 Å². The van der Waals surface area contributed by atoms with Crippen LogP contribution < -0.4 is 43.1 Å². The predicted molar refractivity (Wildman–Crippen MR) is 253 cm³/mol. The number of nitrogens with zero attached hydrogens (tertiary/aromatic N) is 5. The third kappa shape index (κ3) is 10.7. The third-order valence-corrected chi connectivity index (χ3v) is 9.78. The molecule has 7 rings (SSSR count). The maximum absolute atomic E-state index is 5.88. The molecule has 0 fully saturated rings. The summed E-state index contributed by atoms with van der Waals surface area (Å²) < 4.78 is 35.2. The minimum Gasteiger partial charge on any atom is -0.494 e. The Bertz CT molecular complexity index is 2030. The van der Waals surface area contributed by atoms with E-state index in [0.717, 1.165) is 68.6 Å². The van der Waals surface area contributed by atoms with Gasteiger partial charge in [0.15, 0.2) is 0 Å². The quantitative estimate of drug-likeness (QED) is 0.0692. The van der Waals surface area contributed by atoms with Gasteiger partial charge in [-0.25, -0.2) is 0 Å². The molecule has 0 N–H and O–H groups in total. The van der Waals surface area contributed by atoms with E-state index < -0.39 is 0 Å². The standard InChI is InChI=1S/C52H55N5O6/c1-7-58-44-25-13-38(14-26-44)55(39-15-27-45(28-16-39)59-8-2)50-37-51(56(40-17-29-46(30-18-40)60-9-3)41-19-31-47(32-20-41)61-10-4)54-52(53-50)57(42-21-33-48(34-22-42)62-11-5)43-23-35-49(36-24-43)63-12-6/h13-37H,7-12H2,1-6H3. The zero-order valence-electron chi connectivity index (χ0n) is 36.9. The Labute approximate surface area is 371 Å². The van der Waals surface area contributed by atoms with Crippen LogP contribution >= 0.6 is 0 Å². The van der Waals surface area contributed by atoms with Gasteiger partial charge in [0, 0.05) is 40.2 Å². The van der Waals surface area contributed by atoms with Gasteiger partial charge in [-0.2, -0.15) is 9.97 Å². The van der Waals surface area contributed by atoms with Crippen molar-refractivity contribution in [3.63, 3.8) is 0 Å². The van der Waals surface area contributed by atoms with Gasteiger partial charge in [0.2, 0.25) is 5.95 Å². The fourth-order valence-electron chi connectivity index (χ4n) is 7.09. The van der Waals surface area contributed by atoms with Gasteiger partial charge < -0.3 is 28.4 Å². The van der Waals surface area contributed by atoms with Crippen LogP contribution in [-0.4, -0.2) is 49.6 Å². The summed E-state index contributed by atoms with van der Waals surface area (Å²) >= 11 is 0.